The fraction of sp³-hybridized carbons (Fsp3) is 0.302. The van der Waals surface area contributed by atoms with Gasteiger partial charge in [0.1, 0.15) is 5.75 Å². The molecule has 44 heavy (non-hydrogen) atoms. The van der Waals surface area contributed by atoms with Crippen molar-refractivity contribution in [3.05, 3.63) is 126 Å². The molecule has 0 heterocycles. The smallest absolute Gasteiger partial charge is 0.119 e. The van der Waals surface area contributed by atoms with E-state index in [0.717, 1.165) is 42.7 Å². The Bertz CT molecular complexity index is 1790. The first-order valence-electron chi connectivity index (χ1n) is 15.8. The number of hydrogen-bond acceptors (Lipinski definition) is 1. The molecule has 0 atom stereocenters. The second-order valence-corrected chi connectivity index (χ2v) is 12.5. The summed E-state index contributed by atoms with van der Waals surface area (Å²) in [5.41, 5.74) is 9.03. The summed E-state index contributed by atoms with van der Waals surface area (Å²) in [6.45, 7) is 15.9. The summed E-state index contributed by atoms with van der Waals surface area (Å²) in [6.07, 6.45) is 7.03. The van der Waals surface area contributed by atoms with Crippen molar-refractivity contribution >= 4 is 21.5 Å². The number of ether oxygens (including phenoxy) is 1. The lowest BCUT2D eigenvalue weighted by molar-refractivity contribution is 0.305. The third kappa shape index (κ3) is 7.09. The Morgan fingerprint density at radius 1 is 0.727 bits per heavy atom. The van der Waals surface area contributed by atoms with Crippen LogP contribution in [0.2, 0.25) is 0 Å². The monoisotopic (exact) mass is 580 g/mol. The molecule has 1 nitrogen and oxygen atoms in total. The van der Waals surface area contributed by atoms with E-state index in [2.05, 4.69) is 125 Å². The topological polar surface area (TPSA) is 9.23 Å². The van der Waals surface area contributed by atoms with E-state index < -0.39 is 0 Å². The first-order chi connectivity index (χ1) is 20.9. The van der Waals surface area contributed by atoms with Crippen molar-refractivity contribution < 1.29 is 4.74 Å². The summed E-state index contributed by atoms with van der Waals surface area (Å²) < 4.78 is 5.91. The van der Waals surface area contributed by atoms with Crippen LogP contribution in [0.5, 0.6) is 5.75 Å². The van der Waals surface area contributed by atoms with Gasteiger partial charge in [-0.1, -0.05) is 115 Å². The third-order valence-electron chi connectivity index (χ3n) is 8.42. The zero-order chi connectivity index (χ0) is 30.4. The maximum Gasteiger partial charge on any atom is 0.119 e. The van der Waals surface area contributed by atoms with Gasteiger partial charge in [-0.15, -0.1) is 13.2 Å². The van der Waals surface area contributed by atoms with Crippen LogP contribution in [0.3, 0.4) is 0 Å². The number of aryl methyl sites for hydroxylation is 2. The first kappa shape index (κ1) is 32.6. The molecule has 0 spiro atoms. The van der Waals surface area contributed by atoms with E-state index >= 15 is 0 Å². The van der Waals surface area contributed by atoms with E-state index in [1.165, 1.54) is 68.6 Å². The third-order valence-corrected chi connectivity index (χ3v) is 8.42. The zero-order valence-corrected chi connectivity index (χ0v) is 26.4. The van der Waals surface area contributed by atoms with E-state index in [-0.39, 0.29) is 12.8 Å². The molecule has 5 aromatic carbocycles. The highest BCUT2D eigenvalue weighted by atomic mass is 16.5. The quantitative estimate of drug-likeness (QED) is 0.0805. The molecule has 1 heteroatoms. The Morgan fingerprint density at radius 3 is 2.07 bits per heavy atom. The SMILES string of the molecule is C.C=C.CCCCCCOc1ccc(C#Cc2ccccc2-c2cc3c4c(ccc5cc(C(C)(C)C)cc(c54)CC3)c2)cc1. The Hall–Kier alpha value is -4.28. The summed E-state index contributed by atoms with van der Waals surface area (Å²) in [5.74, 6) is 7.78. The second-order valence-electron chi connectivity index (χ2n) is 12.5. The molecule has 0 amide bonds. The van der Waals surface area contributed by atoms with Gasteiger partial charge in [0.05, 0.1) is 6.61 Å². The molecule has 0 fully saturated rings. The molecule has 0 aromatic heterocycles. The van der Waals surface area contributed by atoms with E-state index in [1.807, 2.05) is 12.1 Å². The van der Waals surface area contributed by atoms with E-state index in [9.17, 15) is 0 Å². The lowest BCUT2D eigenvalue weighted by atomic mass is 9.79. The van der Waals surface area contributed by atoms with Crippen LogP contribution in [0, 0.1) is 11.8 Å². The highest BCUT2D eigenvalue weighted by Crippen LogP contribution is 2.41. The molecule has 0 N–H and O–H groups in total. The molecular weight excluding hydrogens is 532 g/mol. The van der Waals surface area contributed by atoms with E-state index in [1.54, 1.807) is 0 Å². The predicted octanol–water partition coefficient (Wildman–Crippen LogP) is 11.9. The van der Waals surface area contributed by atoms with Crippen LogP contribution in [0.4, 0.5) is 0 Å². The van der Waals surface area contributed by atoms with Crippen molar-refractivity contribution in [2.45, 2.75) is 79.1 Å². The van der Waals surface area contributed by atoms with Crippen LogP contribution in [-0.2, 0) is 18.3 Å². The second kappa shape index (κ2) is 14.5. The van der Waals surface area contributed by atoms with Crippen LogP contribution in [-0.4, -0.2) is 6.61 Å². The average Bonchev–Trinajstić information content (AvgIpc) is 3.03. The summed E-state index contributed by atoms with van der Waals surface area (Å²) >= 11 is 0. The number of benzene rings is 5. The first-order valence-corrected chi connectivity index (χ1v) is 15.8. The lowest BCUT2D eigenvalue weighted by Crippen LogP contribution is -2.13. The van der Waals surface area contributed by atoms with Gasteiger partial charge in [-0.25, -0.2) is 0 Å². The zero-order valence-electron chi connectivity index (χ0n) is 26.4. The van der Waals surface area contributed by atoms with Gasteiger partial charge >= 0.3 is 0 Å². The van der Waals surface area contributed by atoms with Crippen molar-refractivity contribution in [3.63, 3.8) is 0 Å². The highest BCUT2D eigenvalue weighted by Gasteiger charge is 2.21. The van der Waals surface area contributed by atoms with Gasteiger partial charge in [0.25, 0.3) is 0 Å². The van der Waals surface area contributed by atoms with Crippen LogP contribution in [0.1, 0.15) is 88.6 Å². The Kier molecular flexibility index (Phi) is 10.7. The Morgan fingerprint density at radius 2 is 1.39 bits per heavy atom. The molecule has 0 unspecified atom stereocenters. The Labute approximate surface area is 266 Å². The summed E-state index contributed by atoms with van der Waals surface area (Å²) in [6, 6.07) is 31.0. The molecule has 5 aromatic rings. The maximum absolute atomic E-state index is 5.91. The van der Waals surface area contributed by atoms with Crippen molar-refractivity contribution in [3.8, 4) is 28.7 Å². The summed E-state index contributed by atoms with van der Waals surface area (Å²) in [5, 5.41) is 5.57. The average molecular weight is 581 g/mol. The predicted molar refractivity (Wildman–Crippen MR) is 193 cm³/mol. The molecule has 0 aliphatic heterocycles. The van der Waals surface area contributed by atoms with Crippen molar-refractivity contribution in [2.75, 3.05) is 6.61 Å². The molecule has 226 valence electrons. The summed E-state index contributed by atoms with van der Waals surface area (Å²) in [7, 11) is 0. The molecular formula is C43H48O. The molecule has 0 radical (unpaired) electrons. The fourth-order valence-corrected chi connectivity index (χ4v) is 6.09. The molecule has 1 aliphatic rings. The standard InChI is InChI=1S/C40H40O.C2H4.CH4/c1-5-6-7-10-23-41-36-21-14-28(15-22-36)13-16-29-11-8-9-12-37(29)34-24-30-17-19-32-26-35(40(2,3)4)27-33-20-18-31(25-34)38(30)39(32)33;1-2;/h8-9,11-12,14-15,17,19,21-22,24-27H,5-7,10,18,20,23H2,1-4H3;1-2H2;1H4. The van der Waals surface area contributed by atoms with Gasteiger partial charge in [-0.2, -0.15) is 0 Å². The van der Waals surface area contributed by atoms with Gasteiger partial charge in [0, 0.05) is 11.1 Å². The largest absolute Gasteiger partial charge is 0.494 e. The minimum atomic E-state index is 0. The van der Waals surface area contributed by atoms with Crippen LogP contribution in [0.15, 0.2) is 98.1 Å². The molecule has 1 aliphatic carbocycles. The van der Waals surface area contributed by atoms with Crippen molar-refractivity contribution in [1.29, 1.82) is 0 Å². The number of hydrogen-bond donors (Lipinski definition) is 0. The van der Waals surface area contributed by atoms with Gasteiger partial charge in [-0.3, -0.25) is 0 Å². The van der Waals surface area contributed by atoms with Crippen LogP contribution >= 0.6 is 0 Å². The molecule has 0 saturated carbocycles. The molecule has 0 saturated heterocycles. The highest BCUT2D eigenvalue weighted by molar-refractivity contribution is 6.13. The summed E-state index contributed by atoms with van der Waals surface area (Å²) in [4.78, 5) is 0. The maximum atomic E-state index is 5.91. The van der Waals surface area contributed by atoms with E-state index in [0.29, 0.717) is 0 Å². The normalized spacial score (nSPS) is 11.7. The van der Waals surface area contributed by atoms with Gasteiger partial charge in [-0.05, 0) is 110 Å². The van der Waals surface area contributed by atoms with Crippen molar-refractivity contribution in [1.82, 2.24) is 0 Å². The molecule has 6 rings (SSSR count). The number of unbranched alkanes of at least 4 members (excludes halogenated alkanes) is 3. The van der Waals surface area contributed by atoms with Gasteiger partial charge in [0.2, 0.25) is 0 Å². The van der Waals surface area contributed by atoms with Crippen molar-refractivity contribution in [2.24, 2.45) is 0 Å². The minimum absolute atomic E-state index is 0. The number of rotatable bonds is 7. The Balaban J connectivity index is 0.00000144. The van der Waals surface area contributed by atoms with E-state index in [4.69, 9.17) is 4.74 Å². The van der Waals surface area contributed by atoms with Gasteiger partial charge in [0.15, 0.2) is 0 Å². The molecule has 0 bridgehead atoms. The minimum Gasteiger partial charge on any atom is -0.494 e. The lowest BCUT2D eigenvalue weighted by Gasteiger charge is -2.25. The van der Waals surface area contributed by atoms with Crippen LogP contribution in [0.25, 0.3) is 32.7 Å². The fourth-order valence-electron chi connectivity index (χ4n) is 6.09. The van der Waals surface area contributed by atoms with Gasteiger partial charge < -0.3 is 4.74 Å². The van der Waals surface area contributed by atoms with Crippen LogP contribution < -0.4 is 4.74 Å².